The van der Waals surface area contributed by atoms with Crippen LogP contribution in [0, 0.1) is 0 Å². The Hall–Kier alpha value is -1.83. The highest BCUT2D eigenvalue weighted by Gasteiger charge is 2.54. The maximum absolute atomic E-state index is 12.8. The first-order chi connectivity index (χ1) is 12.3. The summed E-state index contributed by atoms with van der Waals surface area (Å²) in [5.74, 6) is 0.374. The molecule has 0 atom stereocenters. The average molecular weight is 371 g/mol. The summed E-state index contributed by atoms with van der Waals surface area (Å²) in [4.78, 5) is 19.0. The molecule has 1 aliphatic heterocycles. The third-order valence-electron chi connectivity index (χ3n) is 5.32. The fourth-order valence-electron chi connectivity index (χ4n) is 3.63. The molecule has 1 aliphatic carbocycles. The quantitative estimate of drug-likeness (QED) is 0.857. The van der Waals surface area contributed by atoms with Crippen molar-refractivity contribution in [3.8, 4) is 0 Å². The van der Waals surface area contributed by atoms with Crippen molar-refractivity contribution >= 4 is 11.7 Å². The van der Waals surface area contributed by atoms with Crippen LogP contribution in [0.15, 0.2) is 18.2 Å². The van der Waals surface area contributed by atoms with Crippen LogP contribution >= 0.6 is 0 Å². The van der Waals surface area contributed by atoms with Gasteiger partial charge in [-0.15, -0.1) is 0 Å². The first-order valence-corrected chi connectivity index (χ1v) is 9.10. The number of piperidine rings is 1. The van der Waals surface area contributed by atoms with Gasteiger partial charge in [-0.1, -0.05) is 6.07 Å². The Labute approximate surface area is 150 Å². The van der Waals surface area contributed by atoms with Gasteiger partial charge in [0.25, 0.3) is 5.91 Å². The number of anilines is 1. The summed E-state index contributed by atoms with van der Waals surface area (Å²) in [5, 5.41) is 12.5. The normalized spacial score (nSPS) is 27.2. The molecule has 8 heteroatoms. The van der Waals surface area contributed by atoms with Crippen LogP contribution < -0.4 is 10.2 Å². The molecule has 2 heterocycles. The Bertz CT molecular complexity index is 637. The topological polar surface area (TPSA) is 65.5 Å². The van der Waals surface area contributed by atoms with Crippen molar-refractivity contribution in [2.75, 3.05) is 18.0 Å². The van der Waals surface area contributed by atoms with Crippen LogP contribution in [0.2, 0.25) is 0 Å². The van der Waals surface area contributed by atoms with Gasteiger partial charge in [0, 0.05) is 19.1 Å². The number of nitrogens with zero attached hydrogens (tertiary/aromatic N) is 2. The maximum atomic E-state index is 12.8. The minimum Gasteiger partial charge on any atom is -0.380 e. The van der Waals surface area contributed by atoms with Crippen molar-refractivity contribution in [3.05, 3.63) is 23.9 Å². The average Bonchev–Trinajstić information content (AvgIpc) is 2.63. The molecule has 3 rings (SSSR count). The van der Waals surface area contributed by atoms with Crippen molar-refractivity contribution in [2.24, 2.45) is 0 Å². The lowest BCUT2D eigenvalue weighted by Gasteiger charge is -2.37. The van der Waals surface area contributed by atoms with Crippen LogP contribution in [-0.2, 0) is 0 Å². The van der Waals surface area contributed by atoms with E-state index in [1.807, 2.05) is 6.07 Å². The lowest BCUT2D eigenvalue weighted by molar-refractivity contribution is -0.270. The number of nitrogens with one attached hydrogen (secondary N) is 1. The molecule has 1 saturated carbocycles. The molecular formula is C18H24F3N3O2. The number of hydrogen-bond acceptors (Lipinski definition) is 4. The number of rotatable bonds is 3. The van der Waals surface area contributed by atoms with E-state index in [9.17, 15) is 23.1 Å². The van der Waals surface area contributed by atoms with E-state index in [0.29, 0.717) is 0 Å². The minimum atomic E-state index is -4.63. The van der Waals surface area contributed by atoms with E-state index in [2.05, 4.69) is 15.2 Å². The third-order valence-corrected chi connectivity index (χ3v) is 5.32. The monoisotopic (exact) mass is 371 g/mol. The summed E-state index contributed by atoms with van der Waals surface area (Å²) >= 11 is 0. The molecule has 0 unspecified atom stereocenters. The van der Waals surface area contributed by atoms with E-state index in [1.165, 1.54) is 6.42 Å². The molecule has 26 heavy (non-hydrogen) atoms. The second-order valence-corrected chi connectivity index (χ2v) is 7.21. The highest BCUT2D eigenvalue weighted by molar-refractivity contribution is 5.92. The Kier molecular flexibility index (Phi) is 5.41. The zero-order valence-electron chi connectivity index (χ0n) is 14.6. The highest BCUT2D eigenvalue weighted by atomic mass is 19.4. The van der Waals surface area contributed by atoms with Crippen molar-refractivity contribution in [2.45, 2.75) is 62.8 Å². The summed E-state index contributed by atoms with van der Waals surface area (Å²) in [5.41, 5.74) is -2.37. The largest absolute Gasteiger partial charge is 0.417 e. The molecule has 1 aromatic rings. The first kappa shape index (κ1) is 18.9. The summed E-state index contributed by atoms with van der Waals surface area (Å²) < 4.78 is 38.5. The molecule has 2 aliphatic rings. The Morgan fingerprint density at radius 1 is 1.19 bits per heavy atom. The van der Waals surface area contributed by atoms with Crippen molar-refractivity contribution < 1.29 is 23.1 Å². The van der Waals surface area contributed by atoms with Gasteiger partial charge in [-0.05, 0) is 57.1 Å². The van der Waals surface area contributed by atoms with Crippen LogP contribution in [0.3, 0.4) is 0 Å². The van der Waals surface area contributed by atoms with Crippen molar-refractivity contribution in [1.82, 2.24) is 10.3 Å². The van der Waals surface area contributed by atoms with E-state index in [1.54, 1.807) is 12.1 Å². The molecule has 0 radical (unpaired) electrons. The van der Waals surface area contributed by atoms with Gasteiger partial charge < -0.3 is 15.3 Å². The number of amides is 1. The van der Waals surface area contributed by atoms with Gasteiger partial charge in [0.15, 0.2) is 5.60 Å². The van der Waals surface area contributed by atoms with Crippen LogP contribution in [-0.4, -0.2) is 46.9 Å². The van der Waals surface area contributed by atoms with Crippen molar-refractivity contribution in [3.63, 3.8) is 0 Å². The second kappa shape index (κ2) is 7.42. The zero-order chi connectivity index (χ0) is 18.8. The summed E-state index contributed by atoms with van der Waals surface area (Å²) in [6.07, 6.45) is -1.86. The van der Waals surface area contributed by atoms with E-state index < -0.39 is 24.6 Å². The molecule has 1 saturated heterocycles. The van der Waals surface area contributed by atoms with Crippen LogP contribution in [0.5, 0.6) is 0 Å². The summed E-state index contributed by atoms with van der Waals surface area (Å²) in [6.45, 7) is 1.83. The predicted octanol–water partition coefficient (Wildman–Crippen LogP) is 3.04. The van der Waals surface area contributed by atoms with Gasteiger partial charge in [-0.2, -0.15) is 13.2 Å². The molecule has 2 fully saturated rings. The fourth-order valence-corrected chi connectivity index (χ4v) is 3.63. The number of aliphatic hydroxyl groups is 1. The van der Waals surface area contributed by atoms with Crippen molar-refractivity contribution in [1.29, 1.82) is 0 Å². The van der Waals surface area contributed by atoms with Crippen LogP contribution in [0.4, 0.5) is 19.0 Å². The molecular weight excluding hydrogens is 347 g/mol. The van der Waals surface area contributed by atoms with Gasteiger partial charge in [0.1, 0.15) is 11.5 Å². The van der Waals surface area contributed by atoms with E-state index in [4.69, 9.17) is 0 Å². The predicted molar refractivity (Wildman–Crippen MR) is 91.0 cm³/mol. The molecule has 144 valence electrons. The minimum absolute atomic E-state index is 0.0908. The Morgan fingerprint density at radius 3 is 2.46 bits per heavy atom. The van der Waals surface area contributed by atoms with Crippen LogP contribution in [0.25, 0.3) is 0 Å². The number of hydrogen-bond donors (Lipinski definition) is 2. The molecule has 0 bridgehead atoms. The van der Waals surface area contributed by atoms with E-state index in [-0.39, 0.29) is 30.5 Å². The van der Waals surface area contributed by atoms with E-state index in [0.717, 1.165) is 31.7 Å². The van der Waals surface area contributed by atoms with Gasteiger partial charge in [-0.25, -0.2) is 4.98 Å². The molecule has 2 N–H and O–H groups in total. The van der Waals surface area contributed by atoms with E-state index >= 15 is 0 Å². The lowest BCUT2D eigenvalue weighted by atomic mass is 9.81. The Balaban J connectivity index is 1.59. The number of carbonyl (C=O) groups excluding carboxylic acids is 1. The smallest absolute Gasteiger partial charge is 0.380 e. The standard InChI is InChI=1S/C18H24F3N3O2/c19-18(20,21)17(26)9-7-13(8-10-17)22-16(25)14-5-4-6-15(23-14)24-11-2-1-3-12-24/h4-6,13,26H,1-3,7-12H2,(H,22,25)/t13-,17-. The second-order valence-electron chi connectivity index (χ2n) is 7.21. The fraction of sp³-hybridized carbons (Fsp3) is 0.667. The molecule has 1 aromatic heterocycles. The van der Waals surface area contributed by atoms with Gasteiger partial charge in [-0.3, -0.25) is 4.79 Å². The SMILES string of the molecule is O=C(N[C@H]1CC[C@@](O)(C(F)(F)F)CC1)c1cccc(N2CCCCC2)n1. The lowest BCUT2D eigenvalue weighted by Crippen LogP contribution is -2.51. The molecule has 1 amide bonds. The zero-order valence-corrected chi connectivity index (χ0v) is 14.6. The number of aromatic nitrogens is 1. The Morgan fingerprint density at radius 2 is 1.85 bits per heavy atom. The van der Waals surface area contributed by atoms with Gasteiger partial charge >= 0.3 is 6.18 Å². The molecule has 0 aromatic carbocycles. The molecule has 0 spiro atoms. The van der Waals surface area contributed by atoms with Gasteiger partial charge in [0.2, 0.25) is 0 Å². The highest BCUT2D eigenvalue weighted by Crippen LogP contribution is 2.41. The number of carbonyl (C=O) groups is 1. The first-order valence-electron chi connectivity index (χ1n) is 9.10. The third kappa shape index (κ3) is 4.11. The number of pyridine rings is 1. The van der Waals surface area contributed by atoms with Crippen LogP contribution in [0.1, 0.15) is 55.4 Å². The molecule has 5 nitrogen and oxygen atoms in total. The number of halogens is 3. The maximum Gasteiger partial charge on any atom is 0.417 e. The summed E-state index contributed by atoms with van der Waals surface area (Å²) in [6, 6.07) is 4.87. The van der Waals surface area contributed by atoms with Gasteiger partial charge in [0.05, 0.1) is 0 Å². The number of alkyl halides is 3. The summed E-state index contributed by atoms with van der Waals surface area (Å²) in [7, 11) is 0.